The van der Waals surface area contributed by atoms with E-state index in [9.17, 15) is 9.59 Å². The molecule has 3 heteroatoms. The van der Waals surface area contributed by atoms with Crippen LogP contribution in [0.3, 0.4) is 0 Å². The zero-order chi connectivity index (χ0) is 17.5. The van der Waals surface area contributed by atoms with E-state index in [1.807, 2.05) is 0 Å². The monoisotopic (exact) mass is 322 g/mol. The van der Waals surface area contributed by atoms with Gasteiger partial charge in [-0.05, 0) is 32.3 Å². The Hall–Kier alpha value is -1.38. The van der Waals surface area contributed by atoms with Crippen molar-refractivity contribution in [3.8, 4) is 0 Å². The summed E-state index contributed by atoms with van der Waals surface area (Å²) in [7, 11) is 0. The lowest BCUT2D eigenvalue weighted by Crippen LogP contribution is -2.08. The fourth-order valence-electron chi connectivity index (χ4n) is 2.40. The average Bonchev–Trinajstić information content (AvgIpc) is 2.52. The molecule has 0 N–H and O–H groups in total. The van der Waals surface area contributed by atoms with Gasteiger partial charge in [-0.25, -0.2) is 4.79 Å². The zero-order valence-electron chi connectivity index (χ0n) is 15.3. The fourth-order valence-corrected chi connectivity index (χ4v) is 2.40. The highest BCUT2D eigenvalue weighted by molar-refractivity contribution is 5.91. The Balaban J connectivity index is 4.46. The summed E-state index contributed by atoms with van der Waals surface area (Å²) >= 11 is 0. The van der Waals surface area contributed by atoms with E-state index in [1.165, 1.54) is 19.3 Å². The highest BCUT2D eigenvalue weighted by Gasteiger charge is 2.11. The molecule has 0 spiro atoms. The van der Waals surface area contributed by atoms with Crippen LogP contribution >= 0.6 is 0 Å². The number of unbranched alkanes of at least 4 members (excludes halogenated alkanes) is 5. The summed E-state index contributed by atoms with van der Waals surface area (Å²) in [4.78, 5) is 23.8. The van der Waals surface area contributed by atoms with Crippen molar-refractivity contribution in [2.45, 2.75) is 85.0 Å². The molecule has 0 amide bonds. The number of carbonyl (C=O) groups excluding carboxylic acids is 2. The molecule has 23 heavy (non-hydrogen) atoms. The van der Waals surface area contributed by atoms with Crippen molar-refractivity contribution in [1.29, 1.82) is 0 Å². The van der Waals surface area contributed by atoms with Gasteiger partial charge in [-0.15, -0.1) is 0 Å². The van der Waals surface area contributed by atoms with E-state index in [-0.39, 0.29) is 11.8 Å². The molecule has 0 saturated heterocycles. The van der Waals surface area contributed by atoms with E-state index >= 15 is 0 Å². The maximum atomic E-state index is 12.1. The summed E-state index contributed by atoms with van der Waals surface area (Å²) < 4.78 is 4.97. The summed E-state index contributed by atoms with van der Waals surface area (Å²) in [6, 6.07) is 0. The molecule has 0 aromatic carbocycles. The van der Waals surface area contributed by atoms with Gasteiger partial charge in [0.15, 0.2) is 5.78 Å². The van der Waals surface area contributed by atoms with E-state index in [2.05, 4.69) is 20.4 Å². The van der Waals surface area contributed by atoms with Crippen molar-refractivity contribution in [3.05, 3.63) is 23.8 Å². The van der Waals surface area contributed by atoms with Gasteiger partial charge in [0, 0.05) is 18.4 Å². The summed E-state index contributed by atoms with van der Waals surface area (Å²) in [5.74, 6) is -0.189. The van der Waals surface area contributed by atoms with Gasteiger partial charge in [-0.2, -0.15) is 0 Å². The first kappa shape index (κ1) is 21.6. The highest BCUT2D eigenvalue weighted by Crippen LogP contribution is 2.18. The van der Waals surface area contributed by atoms with Crippen LogP contribution in [0.25, 0.3) is 0 Å². The third-order valence-electron chi connectivity index (χ3n) is 3.75. The van der Waals surface area contributed by atoms with Crippen LogP contribution < -0.4 is 0 Å². The average molecular weight is 322 g/mol. The van der Waals surface area contributed by atoms with Gasteiger partial charge in [-0.1, -0.05) is 58.1 Å². The number of hydrogen-bond donors (Lipinski definition) is 0. The Bertz CT molecular complexity index is 394. The first-order chi connectivity index (χ1) is 11.0. The molecule has 0 heterocycles. The summed E-state index contributed by atoms with van der Waals surface area (Å²) in [6.07, 6.45) is 11.4. The number of carbonyl (C=O) groups is 2. The van der Waals surface area contributed by atoms with E-state index < -0.39 is 0 Å². The predicted octanol–water partition coefficient (Wildman–Crippen LogP) is 5.54. The summed E-state index contributed by atoms with van der Waals surface area (Å²) in [6.45, 7) is 10.2. The minimum Gasteiger partial charge on any atom is -0.463 e. The first-order valence-electron chi connectivity index (χ1n) is 9.12. The van der Waals surface area contributed by atoms with Gasteiger partial charge in [0.1, 0.15) is 0 Å². The van der Waals surface area contributed by atoms with Gasteiger partial charge < -0.3 is 4.74 Å². The van der Waals surface area contributed by atoms with Crippen molar-refractivity contribution in [2.75, 3.05) is 6.61 Å². The predicted molar refractivity (Wildman–Crippen MR) is 96.4 cm³/mol. The number of esters is 1. The van der Waals surface area contributed by atoms with Crippen LogP contribution in [0.4, 0.5) is 0 Å². The lowest BCUT2D eigenvalue weighted by atomic mass is 9.98. The molecule has 132 valence electrons. The molecule has 0 fully saturated rings. The van der Waals surface area contributed by atoms with Crippen LogP contribution in [0.5, 0.6) is 0 Å². The fraction of sp³-hybridized carbons (Fsp3) is 0.700. The number of ketones is 1. The Morgan fingerprint density at radius 2 is 1.57 bits per heavy atom. The molecule has 0 aliphatic rings. The van der Waals surface area contributed by atoms with Crippen LogP contribution in [0.15, 0.2) is 23.8 Å². The van der Waals surface area contributed by atoms with E-state index in [4.69, 9.17) is 4.74 Å². The lowest BCUT2D eigenvalue weighted by Gasteiger charge is -2.09. The Morgan fingerprint density at radius 3 is 2.17 bits per heavy atom. The normalized spacial score (nSPS) is 11.3. The smallest absolute Gasteiger partial charge is 0.333 e. The van der Waals surface area contributed by atoms with Crippen LogP contribution in [0, 0.1) is 0 Å². The van der Waals surface area contributed by atoms with Crippen molar-refractivity contribution in [2.24, 2.45) is 0 Å². The number of allylic oxidation sites excluding steroid dienone is 2. The van der Waals surface area contributed by atoms with Crippen molar-refractivity contribution in [1.82, 2.24) is 0 Å². The molecule has 0 aliphatic carbocycles. The molecule has 0 radical (unpaired) electrons. The van der Waals surface area contributed by atoms with Gasteiger partial charge >= 0.3 is 5.97 Å². The molecule has 0 atom stereocenters. The highest BCUT2D eigenvalue weighted by atomic mass is 16.5. The second-order valence-corrected chi connectivity index (χ2v) is 6.04. The van der Waals surface area contributed by atoms with Gasteiger partial charge in [0.25, 0.3) is 0 Å². The number of rotatable bonds is 14. The van der Waals surface area contributed by atoms with E-state index in [1.54, 1.807) is 13.0 Å². The molecule has 0 rings (SSSR count). The topological polar surface area (TPSA) is 43.4 Å². The quantitative estimate of drug-likeness (QED) is 0.239. The number of hydrogen-bond acceptors (Lipinski definition) is 3. The second kappa shape index (κ2) is 14.2. The molecule has 0 aromatic rings. The Labute approximate surface area is 142 Å². The maximum Gasteiger partial charge on any atom is 0.333 e. The number of ether oxygens (including phenoxy) is 1. The Kier molecular flexibility index (Phi) is 13.4. The molecule has 0 unspecified atom stereocenters. The third kappa shape index (κ3) is 11.8. The van der Waals surface area contributed by atoms with Gasteiger partial charge in [-0.3, -0.25) is 4.79 Å². The molecular formula is C20H34O3. The van der Waals surface area contributed by atoms with E-state index in [0.717, 1.165) is 37.7 Å². The van der Waals surface area contributed by atoms with Crippen LogP contribution in [0.2, 0.25) is 0 Å². The first-order valence-corrected chi connectivity index (χ1v) is 9.12. The molecular weight excluding hydrogens is 288 g/mol. The van der Waals surface area contributed by atoms with Crippen LogP contribution in [-0.4, -0.2) is 18.4 Å². The lowest BCUT2D eigenvalue weighted by molar-refractivity contribution is -0.138. The minimum atomic E-state index is -0.359. The second-order valence-electron chi connectivity index (χ2n) is 6.04. The van der Waals surface area contributed by atoms with Crippen LogP contribution in [-0.2, 0) is 14.3 Å². The molecule has 0 bridgehead atoms. The van der Waals surface area contributed by atoms with Crippen molar-refractivity contribution in [3.63, 3.8) is 0 Å². The van der Waals surface area contributed by atoms with E-state index in [0.29, 0.717) is 25.0 Å². The zero-order valence-corrected chi connectivity index (χ0v) is 15.3. The summed E-state index contributed by atoms with van der Waals surface area (Å²) in [5.41, 5.74) is 1.44. The van der Waals surface area contributed by atoms with Crippen LogP contribution in [0.1, 0.15) is 85.0 Å². The van der Waals surface area contributed by atoms with Crippen molar-refractivity contribution >= 4 is 11.8 Å². The molecule has 0 aliphatic heterocycles. The SMILES string of the molecule is C=C(C/C(=C/C(=O)CCCCCCC)CCCC)C(=O)OCC. The largest absolute Gasteiger partial charge is 0.463 e. The van der Waals surface area contributed by atoms with Gasteiger partial charge in [0.05, 0.1) is 6.61 Å². The molecule has 0 aromatic heterocycles. The minimum absolute atomic E-state index is 0.171. The maximum absolute atomic E-state index is 12.1. The third-order valence-corrected chi connectivity index (χ3v) is 3.75. The molecule has 0 saturated carbocycles. The summed E-state index contributed by atoms with van der Waals surface area (Å²) in [5, 5.41) is 0. The standard InChI is InChI=1S/C20H34O3/c1-5-8-10-11-12-14-19(21)16-18(13-9-6-2)15-17(4)20(22)23-7-3/h16H,4-15H2,1-3H3/b18-16+. The Morgan fingerprint density at radius 1 is 0.913 bits per heavy atom. The van der Waals surface area contributed by atoms with Gasteiger partial charge in [0.2, 0.25) is 0 Å². The van der Waals surface area contributed by atoms with Crippen molar-refractivity contribution < 1.29 is 14.3 Å². The molecule has 3 nitrogen and oxygen atoms in total.